The van der Waals surface area contributed by atoms with Crippen LogP contribution in [-0.4, -0.2) is 16.8 Å². The highest BCUT2D eigenvalue weighted by molar-refractivity contribution is 7.89. The van der Waals surface area contributed by atoms with Crippen LogP contribution in [0.3, 0.4) is 0 Å². The predicted octanol–water partition coefficient (Wildman–Crippen LogP) is 0.668. The van der Waals surface area contributed by atoms with E-state index < -0.39 is 20.0 Å². The summed E-state index contributed by atoms with van der Waals surface area (Å²) in [5, 5.41) is 9.66. The summed E-state index contributed by atoms with van der Waals surface area (Å²) in [6.45, 7) is 0. The highest BCUT2D eigenvalue weighted by Crippen LogP contribution is 2.03. The molecular formula is C12H14N2O4S2. The Labute approximate surface area is 118 Å². The number of nitrogens with two attached hydrogens (primary N) is 2. The first-order chi connectivity index (χ1) is 9.21. The van der Waals surface area contributed by atoms with Crippen molar-refractivity contribution in [1.29, 1.82) is 0 Å². The van der Waals surface area contributed by atoms with Gasteiger partial charge < -0.3 is 0 Å². The van der Waals surface area contributed by atoms with Gasteiger partial charge in [0.25, 0.3) is 0 Å². The second-order valence-corrected chi connectivity index (χ2v) is 6.84. The SMILES string of the molecule is NS(=O)(=O)c1ccccc1.NS(=O)(=O)c1ccccc1. The zero-order valence-corrected chi connectivity index (χ0v) is 12.0. The minimum Gasteiger partial charge on any atom is -0.225 e. The summed E-state index contributed by atoms with van der Waals surface area (Å²) in [5.41, 5.74) is 0. The van der Waals surface area contributed by atoms with Crippen LogP contribution in [0.25, 0.3) is 0 Å². The lowest BCUT2D eigenvalue weighted by Gasteiger charge is -1.93. The van der Waals surface area contributed by atoms with E-state index in [1.54, 1.807) is 36.4 Å². The van der Waals surface area contributed by atoms with Crippen LogP contribution in [0.15, 0.2) is 70.5 Å². The molecule has 0 saturated heterocycles. The third kappa shape index (κ3) is 5.49. The first kappa shape index (κ1) is 16.3. The summed E-state index contributed by atoms with van der Waals surface area (Å²) in [6.07, 6.45) is 0. The summed E-state index contributed by atoms with van der Waals surface area (Å²) < 4.78 is 42.4. The van der Waals surface area contributed by atoms with Crippen molar-refractivity contribution in [3.63, 3.8) is 0 Å². The molecule has 0 heterocycles. The Balaban J connectivity index is 0.000000200. The zero-order valence-electron chi connectivity index (χ0n) is 10.4. The molecule has 6 nitrogen and oxygen atoms in total. The Hall–Kier alpha value is -1.74. The van der Waals surface area contributed by atoms with E-state index in [9.17, 15) is 16.8 Å². The second kappa shape index (κ2) is 6.62. The fourth-order valence-electron chi connectivity index (χ4n) is 1.22. The molecule has 2 aromatic carbocycles. The largest absolute Gasteiger partial charge is 0.238 e. The lowest BCUT2D eigenvalue weighted by atomic mass is 10.4. The van der Waals surface area contributed by atoms with Gasteiger partial charge in [-0.25, -0.2) is 27.1 Å². The normalized spacial score (nSPS) is 11.3. The van der Waals surface area contributed by atoms with Crippen LogP contribution in [0.2, 0.25) is 0 Å². The summed E-state index contributed by atoms with van der Waals surface area (Å²) >= 11 is 0. The Morgan fingerprint density at radius 1 is 0.550 bits per heavy atom. The molecule has 2 aromatic rings. The van der Waals surface area contributed by atoms with Crippen LogP contribution in [-0.2, 0) is 20.0 Å². The fourth-order valence-corrected chi connectivity index (χ4v) is 2.29. The van der Waals surface area contributed by atoms with Crippen molar-refractivity contribution in [3.8, 4) is 0 Å². The molecule has 2 rings (SSSR count). The smallest absolute Gasteiger partial charge is 0.225 e. The third-order valence-corrected chi connectivity index (χ3v) is 4.00. The van der Waals surface area contributed by atoms with E-state index in [0.717, 1.165) is 0 Å². The summed E-state index contributed by atoms with van der Waals surface area (Å²) in [6, 6.07) is 15.8. The number of benzene rings is 2. The molecule has 0 amide bonds. The molecule has 0 aliphatic carbocycles. The Bertz CT molecular complexity index is 675. The first-order valence-corrected chi connectivity index (χ1v) is 8.46. The van der Waals surface area contributed by atoms with Gasteiger partial charge in [0.1, 0.15) is 0 Å². The molecule has 0 atom stereocenters. The molecule has 0 aromatic heterocycles. The third-order valence-electron chi connectivity index (χ3n) is 2.14. The van der Waals surface area contributed by atoms with Crippen LogP contribution in [0.5, 0.6) is 0 Å². The van der Waals surface area contributed by atoms with Gasteiger partial charge in [-0.05, 0) is 24.3 Å². The summed E-state index contributed by atoms with van der Waals surface area (Å²) in [7, 11) is -7.01. The van der Waals surface area contributed by atoms with Gasteiger partial charge in [-0.15, -0.1) is 0 Å². The Kier molecular flexibility index (Phi) is 5.40. The molecule has 0 fully saturated rings. The monoisotopic (exact) mass is 314 g/mol. The van der Waals surface area contributed by atoms with Crippen LogP contribution >= 0.6 is 0 Å². The molecule has 0 unspecified atom stereocenters. The molecule has 108 valence electrons. The summed E-state index contributed by atoms with van der Waals surface area (Å²) in [5.74, 6) is 0. The Morgan fingerprint density at radius 2 is 0.800 bits per heavy atom. The van der Waals surface area contributed by atoms with Gasteiger partial charge in [0.2, 0.25) is 20.0 Å². The van der Waals surface area contributed by atoms with Gasteiger partial charge in [0, 0.05) is 0 Å². The highest BCUT2D eigenvalue weighted by Gasteiger charge is 2.04. The van der Waals surface area contributed by atoms with Gasteiger partial charge in [-0.1, -0.05) is 36.4 Å². The number of sulfonamides is 2. The van der Waals surface area contributed by atoms with Crippen molar-refractivity contribution in [2.75, 3.05) is 0 Å². The first-order valence-electron chi connectivity index (χ1n) is 5.37. The molecule has 0 aliphatic rings. The van der Waals surface area contributed by atoms with E-state index in [4.69, 9.17) is 10.3 Å². The van der Waals surface area contributed by atoms with E-state index in [2.05, 4.69) is 0 Å². The minimum atomic E-state index is -3.50. The van der Waals surface area contributed by atoms with Crippen LogP contribution in [0.1, 0.15) is 0 Å². The average molecular weight is 314 g/mol. The van der Waals surface area contributed by atoms with Gasteiger partial charge in [-0.3, -0.25) is 0 Å². The van der Waals surface area contributed by atoms with Gasteiger partial charge in [-0.2, -0.15) is 0 Å². The predicted molar refractivity (Wildman–Crippen MR) is 75.6 cm³/mol. The zero-order chi connectivity index (χ0) is 15.2. The number of hydrogen-bond donors (Lipinski definition) is 2. The average Bonchev–Trinajstić information content (AvgIpc) is 2.40. The molecule has 4 N–H and O–H groups in total. The molecule has 0 spiro atoms. The second-order valence-electron chi connectivity index (χ2n) is 3.72. The van der Waals surface area contributed by atoms with Crippen molar-refractivity contribution < 1.29 is 16.8 Å². The molecule has 8 heteroatoms. The van der Waals surface area contributed by atoms with Crippen LogP contribution in [0.4, 0.5) is 0 Å². The molecule has 0 aliphatic heterocycles. The Morgan fingerprint density at radius 3 is 0.950 bits per heavy atom. The lowest BCUT2D eigenvalue weighted by molar-refractivity contribution is 0.596. The van der Waals surface area contributed by atoms with Gasteiger partial charge >= 0.3 is 0 Å². The van der Waals surface area contributed by atoms with E-state index in [1.165, 1.54) is 24.3 Å². The van der Waals surface area contributed by atoms with Crippen LogP contribution < -0.4 is 10.3 Å². The number of rotatable bonds is 2. The minimum absolute atomic E-state index is 0.148. The van der Waals surface area contributed by atoms with E-state index in [1.807, 2.05) is 0 Å². The van der Waals surface area contributed by atoms with E-state index in [0.29, 0.717) is 0 Å². The lowest BCUT2D eigenvalue weighted by Crippen LogP contribution is -2.11. The van der Waals surface area contributed by atoms with Crippen molar-refractivity contribution in [2.24, 2.45) is 10.3 Å². The van der Waals surface area contributed by atoms with Gasteiger partial charge in [0.05, 0.1) is 9.79 Å². The van der Waals surface area contributed by atoms with E-state index in [-0.39, 0.29) is 9.79 Å². The maximum absolute atomic E-state index is 10.6. The van der Waals surface area contributed by atoms with Crippen LogP contribution in [0, 0.1) is 0 Å². The maximum atomic E-state index is 10.6. The molecular weight excluding hydrogens is 300 g/mol. The topological polar surface area (TPSA) is 120 Å². The standard InChI is InChI=1S/2C6H7NO2S/c2*7-10(8,9)6-4-2-1-3-5-6/h2*1-5H,(H2,7,8,9). The highest BCUT2D eigenvalue weighted by atomic mass is 32.2. The quantitative estimate of drug-likeness (QED) is 0.846. The maximum Gasteiger partial charge on any atom is 0.238 e. The van der Waals surface area contributed by atoms with Crippen molar-refractivity contribution in [2.45, 2.75) is 9.79 Å². The number of hydrogen-bond acceptors (Lipinski definition) is 4. The van der Waals surface area contributed by atoms with Gasteiger partial charge in [0.15, 0.2) is 0 Å². The molecule has 0 radical (unpaired) electrons. The number of primary sulfonamides is 2. The van der Waals surface area contributed by atoms with E-state index >= 15 is 0 Å². The molecule has 20 heavy (non-hydrogen) atoms. The molecule has 0 bridgehead atoms. The molecule has 0 saturated carbocycles. The van der Waals surface area contributed by atoms with Crippen molar-refractivity contribution >= 4 is 20.0 Å². The van der Waals surface area contributed by atoms with Crippen molar-refractivity contribution in [1.82, 2.24) is 0 Å². The van der Waals surface area contributed by atoms with Crippen molar-refractivity contribution in [3.05, 3.63) is 60.7 Å². The fraction of sp³-hybridized carbons (Fsp3) is 0. The summed E-state index contributed by atoms with van der Waals surface area (Å²) in [4.78, 5) is 0.296.